The molecule has 17 nitrogen and oxygen atoms in total. The molecule has 8 aromatic rings. The van der Waals surface area contributed by atoms with Crippen LogP contribution < -0.4 is 22.5 Å². The van der Waals surface area contributed by atoms with Crippen molar-refractivity contribution in [3.8, 4) is 0 Å². The number of Topliss-reactive ketones (excluding diaryl/α,β-unsaturated/α-hetero) is 2. The van der Waals surface area contributed by atoms with Gasteiger partial charge in [0.2, 0.25) is 0 Å². The van der Waals surface area contributed by atoms with Gasteiger partial charge in [-0.25, -0.2) is 19.6 Å². The van der Waals surface area contributed by atoms with Gasteiger partial charge >= 0.3 is 11.4 Å². The number of nitrogens with one attached hydrogen (secondary N) is 1. The van der Waals surface area contributed by atoms with Gasteiger partial charge in [-0.1, -0.05) is 61.3 Å². The van der Waals surface area contributed by atoms with Crippen molar-refractivity contribution in [2.24, 2.45) is 11.7 Å². The van der Waals surface area contributed by atoms with Crippen LogP contribution in [-0.2, 0) is 30.9 Å². The molecule has 0 spiro atoms. The lowest BCUT2D eigenvalue weighted by molar-refractivity contribution is 0.0691. The first-order chi connectivity index (χ1) is 37.6. The van der Waals surface area contributed by atoms with Crippen molar-refractivity contribution in [1.29, 1.82) is 0 Å². The standard InChI is InChI=1S/C27H24ClN5O2.C19H13ClN2O3.C8H13N3.C5H9ClO2/c1-15-8-25(29)32-16(2)20(15)12-31-27(35)21-14-33(23-4-3-5-24(34)26(21)23)13-17-6-7-22-18(9-17)10-19(28)11-30-22;20-13-7-12-6-11(4-5-15(12)21-8-13)9-22-10-14(19(24)25)18-16(22)2-1-3-17(18)23;1-5-3-8(10)11-6(2)7(5)4-9;1-4(2)3-8-5(6)7/h3-4,6-11,14H,5,12-13H2,1-2H3,(H2,29,32)(H,31,35);1-2,4-8,10H,3,9H2,(H,24,25);3H,4,9H2,1-2H3,(H2,10,11);4H,3H2,1-2H3. The number of amides is 1. The monoisotopic (exact) mass is 1120 g/mol. The van der Waals surface area contributed by atoms with E-state index in [2.05, 4.69) is 30.0 Å². The third-order valence-corrected chi connectivity index (χ3v) is 13.4. The number of benzene rings is 2. The summed E-state index contributed by atoms with van der Waals surface area (Å²) in [6.07, 6.45) is 14.3. The second kappa shape index (κ2) is 26.0. The maximum atomic E-state index is 13.2. The number of ketones is 2. The van der Waals surface area contributed by atoms with Crippen LogP contribution in [0.5, 0.6) is 0 Å². The summed E-state index contributed by atoms with van der Waals surface area (Å²) in [6, 6.07) is 19.1. The minimum atomic E-state index is -1.09. The Hall–Kier alpha value is -8.22. The molecule has 8 N–H and O–H groups in total. The van der Waals surface area contributed by atoms with Gasteiger partial charge in [0.15, 0.2) is 11.6 Å². The Bertz CT molecular complexity index is 3690. The number of aromatic carboxylic acids is 1. The zero-order valence-electron chi connectivity index (χ0n) is 44.4. The van der Waals surface area contributed by atoms with E-state index in [1.165, 1.54) is 6.20 Å². The Morgan fingerprint density at radius 2 is 1.18 bits per heavy atom. The molecule has 2 aliphatic rings. The lowest BCUT2D eigenvalue weighted by Crippen LogP contribution is -2.25. The number of carbonyl (C=O) groups excluding carboxylic acids is 4. The molecule has 0 bridgehead atoms. The van der Waals surface area contributed by atoms with E-state index in [-0.39, 0.29) is 35.9 Å². The van der Waals surface area contributed by atoms with Crippen molar-refractivity contribution in [3.05, 3.63) is 186 Å². The molecule has 0 radical (unpaired) electrons. The van der Waals surface area contributed by atoms with E-state index in [9.17, 15) is 29.1 Å². The number of carboxylic acid groups (broad SMARTS) is 1. The third-order valence-electron chi connectivity index (χ3n) is 12.9. The van der Waals surface area contributed by atoms with Crippen LogP contribution in [0.25, 0.3) is 34.0 Å². The number of carboxylic acids is 1. The van der Waals surface area contributed by atoms with Crippen LogP contribution in [-0.4, -0.2) is 69.7 Å². The van der Waals surface area contributed by atoms with Gasteiger partial charge < -0.3 is 41.5 Å². The Morgan fingerprint density at radius 3 is 1.61 bits per heavy atom. The number of hydrogen-bond donors (Lipinski definition) is 5. The maximum Gasteiger partial charge on any atom is 0.403 e. The minimum Gasteiger partial charge on any atom is -0.478 e. The molecule has 79 heavy (non-hydrogen) atoms. The van der Waals surface area contributed by atoms with E-state index < -0.39 is 11.4 Å². The largest absolute Gasteiger partial charge is 0.478 e. The number of allylic oxidation sites excluding steroid dienone is 2. The smallest absolute Gasteiger partial charge is 0.403 e. The van der Waals surface area contributed by atoms with Gasteiger partial charge in [-0.3, -0.25) is 24.4 Å². The number of ether oxygens (including phenoxy) is 1. The molecule has 0 aliphatic heterocycles. The summed E-state index contributed by atoms with van der Waals surface area (Å²) in [5, 5.41) is 15.3. The molecule has 2 aromatic carbocycles. The molecule has 408 valence electrons. The van der Waals surface area contributed by atoms with E-state index in [1.54, 1.807) is 35.3 Å². The first-order valence-corrected chi connectivity index (χ1v) is 26.2. The number of hydrogen-bond acceptors (Lipinski definition) is 13. The van der Waals surface area contributed by atoms with Gasteiger partial charge in [-0.2, -0.15) is 0 Å². The highest BCUT2D eigenvalue weighted by molar-refractivity contribution is 6.61. The van der Waals surface area contributed by atoms with Crippen LogP contribution in [0.3, 0.4) is 0 Å². The molecular formula is C59H59Cl3N10O7. The summed E-state index contributed by atoms with van der Waals surface area (Å²) in [5.41, 5.74) is 28.2. The Labute approximate surface area is 471 Å². The molecule has 0 saturated carbocycles. The van der Waals surface area contributed by atoms with E-state index in [0.29, 0.717) is 82.8 Å². The van der Waals surface area contributed by atoms with E-state index in [0.717, 1.165) is 72.3 Å². The summed E-state index contributed by atoms with van der Waals surface area (Å²) in [4.78, 5) is 76.6. The van der Waals surface area contributed by atoms with Crippen LogP contribution in [0.1, 0.15) is 124 Å². The quantitative estimate of drug-likeness (QED) is 0.0754. The summed E-state index contributed by atoms with van der Waals surface area (Å²) >= 11 is 17.0. The molecular weight excluding hydrogens is 1070 g/mol. The maximum absolute atomic E-state index is 13.2. The number of aromatic nitrogens is 6. The van der Waals surface area contributed by atoms with Gasteiger partial charge in [0, 0.05) is 97.6 Å². The van der Waals surface area contributed by atoms with Gasteiger partial charge in [-0.05, 0) is 128 Å². The molecule has 2 aliphatic carbocycles. The topological polar surface area (TPSA) is 266 Å². The fraction of sp³-hybridized carbons (Fsp3) is 0.237. The molecule has 0 unspecified atom stereocenters. The fourth-order valence-electron chi connectivity index (χ4n) is 9.19. The average Bonchev–Trinajstić information content (AvgIpc) is 4.15. The van der Waals surface area contributed by atoms with Crippen molar-refractivity contribution in [2.75, 3.05) is 18.1 Å². The lowest BCUT2D eigenvalue weighted by atomic mass is 9.98. The highest BCUT2D eigenvalue weighted by atomic mass is 35.5. The predicted molar refractivity (Wildman–Crippen MR) is 311 cm³/mol. The number of rotatable bonds is 11. The second-order valence-electron chi connectivity index (χ2n) is 19.3. The first kappa shape index (κ1) is 58.5. The van der Waals surface area contributed by atoms with Crippen LogP contribution in [0.2, 0.25) is 10.0 Å². The predicted octanol–water partition coefficient (Wildman–Crippen LogP) is 11.7. The highest BCUT2D eigenvalue weighted by Gasteiger charge is 2.28. The fourth-order valence-corrected chi connectivity index (χ4v) is 9.58. The van der Waals surface area contributed by atoms with Gasteiger partial charge in [-0.15, -0.1) is 0 Å². The van der Waals surface area contributed by atoms with Crippen LogP contribution in [0.15, 0.2) is 97.6 Å². The SMILES string of the molecule is CC(C)COC(=O)Cl.Cc1cc(N)nc(C)c1CN.Cc1cc(N)nc(C)c1CNC(=O)c1cn(Cc2ccc3ncc(Cl)cc3c2)c2c1C(=O)CC=C2.O=C(O)c1cn(Cc2ccc3ncc(Cl)cc3c2)c2c1C(=O)CC=C2. The number of anilines is 2. The number of carbonyl (C=O) groups is 5. The van der Waals surface area contributed by atoms with Crippen LogP contribution in [0.4, 0.5) is 16.4 Å². The van der Waals surface area contributed by atoms with E-state index in [1.807, 2.05) is 119 Å². The molecule has 0 fully saturated rings. The number of fused-ring (bicyclic) bond motifs is 4. The van der Waals surface area contributed by atoms with Crippen molar-refractivity contribution in [2.45, 2.75) is 80.6 Å². The number of aryl methyl sites for hydroxylation is 4. The summed E-state index contributed by atoms with van der Waals surface area (Å²) in [6.45, 7) is 13.8. The number of pyridine rings is 4. The summed E-state index contributed by atoms with van der Waals surface area (Å²) in [5.74, 6) is -0.243. The number of nitrogens with zero attached hydrogens (tertiary/aromatic N) is 6. The number of halogens is 3. The molecule has 1 amide bonds. The summed E-state index contributed by atoms with van der Waals surface area (Å²) < 4.78 is 8.17. The lowest BCUT2D eigenvalue weighted by Gasteiger charge is -2.12. The van der Waals surface area contributed by atoms with Crippen LogP contribution >= 0.6 is 34.8 Å². The number of nitrogens with two attached hydrogens (primary N) is 3. The van der Waals surface area contributed by atoms with Crippen molar-refractivity contribution < 1.29 is 33.8 Å². The molecule has 20 heteroatoms. The van der Waals surface area contributed by atoms with E-state index >= 15 is 0 Å². The Kier molecular flexibility index (Phi) is 19.2. The molecule has 10 rings (SSSR count). The van der Waals surface area contributed by atoms with Crippen LogP contribution in [0, 0.1) is 33.6 Å². The zero-order chi connectivity index (χ0) is 57.2. The van der Waals surface area contributed by atoms with E-state index in [4.69, 9.17) is 52.0 Å². The van der Waals surface area contributed by atoms with Gasteiger partial charge in [0.25, 0.3) is 5.91 Å². The van der Waals surface area contributed by atoms with Crippen molar-refractivity contribution in [3.63, 3.8) is 0 Å². The van der Waals surface area contributed by atoms with Gasteiger partial charge in [0.1, 0.15) is 11.6 Å². The Morgan fingerprint density at radius 1 is 0.709 bits per heavy atom. The van der Waals surface area contributed by atoms with Crippen molar-refractivity contribution >= 4 is 109 Å². The normalized spacial score (nSPS) is 12.2. The molecule has 6 heterocycles. The molecule has 0 atom stereocenters. The van der Waals surface area contributed by atoms with Gasteiger partial charge in [0.05, 0.1) is 61.3 Å². The second-order valence-corrected chi connectivity index (χ2v) is 20.5. The highest BCUT2D eigenvalue weighted by Crippen LogP contribution is 2.30. The van der Waals surface area contributed by atoms with Crippen molar-refractivity contribution in [1.82, 2.24) is 34.4 Å². The zero-order valence-corrected chi connectivity index (χ0v) is 46.6. The number of nitrogen functional groups attached to an aromatic ring is 2. The summed E-state index contributed by atoms with van der Waals surface area (Å²) in [7, 11) is 0. The third kappa shape index (κ3) is 14.7. The minimum absolute atomic E-state index is 0.0508. The average molecular weight is 1130 g/mol. The Balaban J connectivity index is 0.000000177. The molecule has 0 saturated heterocycles. The molecule has 6 aromatic heterocycles. The first-order valence-electron chi connectivity index (χ1n) is 25.0.